The molecule has 0 spiro atoms. The Hall–Kier alpha value is -2.39. The highest BCUT2D eigenvalue weighted by atomic mass is 32.2. The number of aliphatic carboxylic acids is 2. The summed E-state index contributed by atoms with van der Waals surface area (Å²) in [4.78, 5) is 38.2. The number of amides is 1. The van der Waals surface area contributed by atoms with Gasteiger partial charge in [-0.25, -0.2) is 4.79 Å². The molecule has 1 heterocycles. The molecule has 1 aromatic rings. The van der Waals surface area contributed by atoms with Gasteiger partial charge in [0, 0.05) is 18.8 Å². The van der Waals surface area contributed by atoms with Gasteiger partial charge in [0.1, 0.15) is 10.4 Å². The number of carbonyl (C=O) groups excluding carboxylic acids is 1. The predicted octanol–water partition coefficient (Wildman–Crippen LogP) is 2.66. The van der Waals surface area contributed by atoms with E-state index in [1.165, 1.54) is 0 Å². The quantitative estimate of drug-likeness (QED) is 0.500. The lowest BCUT2D eigenvalue weighted by molar-refractivity contribution is -0.150. The van der Waals surface area contributed by atoms with Gasteiger partial charge in [-0.1, -0.05) is 36.1 Å². The summed E-state index contributed by atoms with van der Waals surface area (Å²) >= 11 is 6.08. The fourth-order valence-corrected chi connectivity index (χ4v) is 4.08. The summed E-state index contributed by atoms with van der Waals surface area (Å²) in [5, 5.41) is 18.2. The van der Waals surface area contributed by atoms with Gasteiger partial charge in [-0.2, -0.15) is 0 Å². The Bertz CT molecular complexity index is 787. The normalized spacial score (nSPS) is 16.7. The minimum Gasteiger partial charge on any atom is -0.481 e. The van der Waals surface area contributed by atoms with Gasteiger partial charge in [-0.3, -0.25) is 14.5 Å². The number of anilines is 1. The number of hydrogen-bond acceptors (Lipinski definition) is 6. The van der Waals surface area contributed by atoms with Crippen LogP contribution in [0.4, 0.5) is 5.69 Å². The van der Waals surface area contributed by atoms with Crippen LogP contribution in [0.2, 0.25) is 0 Å². The molecule has 0 aliphatic carbocycles. The molecule has 0 bridgehead atoms. The molecule has 1 aliphatic heterocycles. The van der Waals surface area contributed by atoms with Gasteiger partial charge in [0.25, 0.3) is 5.91 Å². The zero-order chi connectivity index (χ0) is 20.1. The Morgan fingerprint density at radius 2 is 1.81 bits per heavy atom. The SMILES string of the molecule is CCN(CC)c1ccc(/C=C2\SC(=S)N(C(CC(=O)O)C(=O)O)C2=O)cc1. The molecule has 1 aliphatic rings. The summed E-state index contributed by atoms with van der Waals surface area (Å²) in [5.74, 6) is -3.31. The molecule has 144 valence electrons. The van der Waals surface area contributed by atoms with Gasteiger partial charge < -0.3 is 15.1 Å². The van der Waals surface area contributed by atoms with E-state index in [1.807, 2.05) is 24.3 Å². The van der Waals surface area contributed by atoms with Gasteiger partial charge in [0.2, 0.25) is 0 Å². The first-order valence-corrected chi connectivity index (χ1v) is 9.57. The van der Waals surface area contributed by atoms with E-state index in [1.54, 1.807) is 6.08 Å². The minimum atomic E-state index is -1.52. The number of hydrogen-bond donors (Lipinski definition) is 2. The highest BCUT2D eigenvalue weighted by molar-refractivity contribution is 8.26. The first-order valence-electron chi connectivity index (χ1n) is 8.35. The van der Waals surface area contributed by atoms with Crippen LogP contribution in [-0.4, -0.2) is 56.4 Å². The number of thioether (sulfide) groups is 1. The summed E-state index contributed by atoms with van der Waals surface area (Å²) in [6, 6.07) is 6.11. The largest absolute Gasteiger partial charge is 0.481 e. The van der Waals surface area contributed by atoms with Crippen LogP contribution in [0.1, 0.15) is 25.8 Å². The summed E-state index contributed by atoms with van der Waals surface area (Å²) in [7, 11) is 0. The molecule has 1 aromatic carbocycles. The second-order valence-electron chi connectivity index (χ2n) is 5.77. The van der Waals surface area contributed by atoms with E-state index < -0.39 is 30.3 Å². The third-order valence-electron chi connectivity index (χ3n) is 4.11. The molecule has 2 N–H and O–H groups in total. The van der Waals surface area contributed by atoms with Crippen LogP contribution in [0.15, 0.2) is 29.2 Å². The molecule has 1 unspecified atom stereocenters. The topological polar surface area (TPSA) is 98.2 Å². The zero-order valence-corrected chi connectivity index (χ0v) is 16.5. The molecule has 27 heavy (non-hydrogen) atoms. The van der Waals surface area contributed by atoms with Crippen LogP contribution in [0.3, 0.4) is 0 Å². The van der Waals surface area contributed by atoms with Gasteiger partial charge in [0.05, 0.1) is 11.3 Å². The average molecular weight is 409 g/mol. The summed E-state index contributed by atoms with van der Waals surface area (Å²) < 4.78 is 0.0414. The molecule has 9 heteroatoms. The second-order valence-corrected chi connectivity index (χ2v) is 7.44. The highest BCUT2D eigenvalue weighted by Gasteiger charge is 2.41. The Kier molecular flexibility index (Phi) is 6.98. The summed E-state index contributed by atoms with van der Waals surface area (Å²) in [5.41, 5.74) is 1.84. The van der Waals surface area contributed by atoms with Crippen LogP contribution in [0.5, 0.6) is 0 Å². The molecule has 1 saturated heterocycles. The monoisotopic (exact) mass is 408 g/mol. The lowest BCUT2D eigenvalue weighted by Crippen LogP contribution is -2.45. The van der Waals surface area contributed by atoms with E-state index in [2.05, 4.69) is 18.7 Å². The van der Waals surface area contributed by atoms with E-state index in [0.29, 0.717) is 0 Å². The second kappa shape index (κ2) is 9.01. The van der Waals surface area contributed by atoms with E-state index >= 15 is 0 Å². The maximum Gasteiger partial charge on any atom is 0.327 e. The van der Waals surface area contributed by atoms with E-state index in [9.17, 15) is 19.5 Å². The third kappa shape index (κ3) is 4.86. The molecular formula is C18H20N2O5S2. The first-order chi connectivity index (χ1) is 12.8. The lowest BCUT2D eigenvalue weighted by atomic mass is 10.1. The van der Waals surface area contributed by atoms with Crippen molar-refractivity contribution in [3.8, 4) is 0 Å². The Morgan fingerprint density at radius 3 is 2.30 bits per heavy atom. The van der Waals surface area contributed by atoms with E-state index in [0.717, 1.165) is 41.0 Å². The fraction of sp³-hybridized carbons (Fsp3) is 0.333. The smallest absolute Gasteiger partial charge is 0.327 e. The fourth-order valence-electron chi connectivity index (χ4n) is 2.72. The number of carboxylic acid groups (broad SMARTS) is 2. The number of nitrogens with zero attached hydrogens (tertiary/aromatic N) is 2. The Balaban J connectivity index is 2.25. The van der Waals surface area contributed by atoms with Gasteiger partial charge in [-0.15, -0.1) is 0 Å². The maximum absolute atomic E-state index is 12.6. The van der Waals surface area contributed by atoms with Crippen molar-refractivity contribution in [2.75, 3.05) is 18.0 Å². The van der Waals surface area contributed by atoms with Crippen molar-refractivity contribution in [3.05, 3.63) is 34.7 Å². The number of benzene rings is 1. The van der Waals surface area contributed by atoms with Crippen molar-refractivity contribution in [2.45, 2.75) is 26.3 Å². The van der Waals surface area contributed by atoms with Crippen molar-refractivity contribution in [3.63, 3.8) is 0 Å². The molecule has 2 rings (SSSR count). The first kappa shape index (κ1) is 20.9. The number of carboxylic acids is 2. The molecular weight excluding hydrogens is 388 g/mol. The van der Waals surface area contributed by atoms with Crippen molar-refractivity contribution >= 4 is 57.9 Å². The number of thiocarbonyl (C=S) groups is 1. The van der Waals surface area contributed by atoms with Crippen LogP contribution in [0, 0.1) is 0 Å². The standard InChI is InChI=1S/C18H20N2O5S2/c1-3-19(4-2)12-7-5-11(6-8-12)9-14-16(23)20(18(26)27-14)13(17(24)25)10-15(21)22/h5-9,13H,3-4,10H2,1-2H3,(H,21,22)(H,24,25)/b14-9-. The summed E-state index contributed by atoms with van der Waals surface area (Å²) in [6.45, 7) is 5.90. The molecule has 7 nitrogen and oxygen atoms in total. The predicted molar refractivity (Wildman–Crippen MR) is 109 cm³/mol. The number of carbonyl (C=O) groups is 3. The van der Waals surface area contributed by atoms with Crippen LogP contribution in [0.25, 0.3) is 6.08 Å². The van der Waals surface area contributed by atoms with Crippen molar-refractivity contribution in [1.29, 1.82) is 0 Å². The summed E-state index contributed by atoms with van der Waals surface area (Å²) in [6.07, 6.45) is 0.915. The number of rotatable bonds is 8. The van der Waals surface area contributed by atoms with Crippen LogP contribution < -0.4 is 4.90 Å². The molecule has 0 saturated carbocycles. The Morgan fingerprint density at radius 1 is 1.22 bits per heavy atom. The van der Waals surface area contributed by atoms with Crippen LogP contribution >= 0.6 is 24.0 Å². The van der Waals surface area contributed by atoms with Crippen LogP contribution in [-0.2, 0) is 14.4 Å². The molecule has 0 radical (unpaired) electrons. The molecule has 1 amide bonds. The van der Waals surface area contributed by atoms with Crippen molar-refractivity contribution in [2.24, 2.45) is 0 Å². The average Bonchev–Trinajstić information content (AvgIpc) is 2.88. The third-order valence-corrected chi connectivity index (χ3v) is 5.44. The molecule has 1 fully saturated rings. The van der Waals surface area contributed by atoms with Gasteiger partial charge in [-0.05, 0) is 37.6 Å². The van der Waals surface area contributed by atoms with Crippen molar-refractivity contribution < 1.29 is 24.6 Å². The minimum absolute atomic E-state index is 0.0414. The maximum atomic E-state index is 12.6. The van der Waals surface area contributed by atoms with Gasteiger partial charge in [0.15, 0.2) is 0 Å². The van der Waals surface area contributed by atoms with Crippen molar-refractivity contribution in [1.82, 2.24) is 4.90 Å². The highest BCUT2D eigenvalue weighted by Crippen LogP contribution is 2.34. The zero-order valence-electron chi connectivity index (χ0n) is 14.9. The molecule has 1 atom stereocenters. The Labute approximate surface area is 166 Å². The molecule has 0 aromatic heterocycles. The van der Waals surface area contributed by atoms with E-state index in [-0.39, 0.29) is 9.23 Å². The van der Waals surface area contributed by atoms with Gasteiger partial charge >= 0.3 is 11.9 Å². The lowest BCUT2D eigenvalue weighted by Gasteiger charge is -2.21. The van der Waals surface area contributed by atoms with E-state index in [4.69, 9.17) is 17.3 Å².